The predicted octanol–water partition coefficient (Wildman–Crippen LogP) is 2.71. The topological polar surface area (TPSA) is 41.6 Å². The second-order valence-electron chi connectivity index (χ2n) is 5.56. The van der Waals surface area contributed by atoms with Crippen molar-refractivity contribution in [1.82, 2.24) is 10.2 Å². The van der Waals surface area contributed by atoms with Crippen LogP contribution in [0.3, 0.4) is 0 Å². The van der Waals surface area contributed by atoms with Gasteiger partial charge in [0, 0.05) is 11.1 Å². The maximum atomic E-state index is 12.3. The molecule has 4 nitrogen and oxygen atoms in total. The first-order chi connectivity index (χ1) is 10.1. The molecule has 0 aromatic heterocycles. The summed E-state index contributed by atoms with van der Waals surface area (Å²) in [5.41, 5.74) is 0. The molecule has 0 aliphatic carbocycles. The minimum Gasteiger partial charge on any atom is -0.481 e. The molecule has 0 bridgehead atoms. The predicted molar refractivity (Wildman–Crippen MR) is 84.8 cm³/mol. The number of ether oxygens (including phenoxy) is 1. The number of amides is 1. The standard InChI is InChI=1S/C16H23ClN2O2/c1-3-15(21-14-6-4-5-12(17)11-14)16(20)18-13-7-9-19(2)10-8-13/h4-6,11,13,15H,3,7-10H2,1-2H3,(H,18,20)/t15-/m0/s1. The monoisotopic (exact) mass is 310 g/mol. The lowest BCUT2D eigenvalue weighted by atomic mass is 10.1. The van der Waals surface area contributed by atoms with E-state index in [4.69, 9.17) is 16.3 Å². The maximum Gasteiger partial charge on any atom is 0.261 e. The summed E-state index contributed by atoms with van der Waals surface area (Å²) in [5, 5.41) is 3.71. The van der Waals surface area contributed by atoms with E-state index >= 15 is 0 Å². The van der Waals surface area contributed by atoms with E-state index in [1.807, 2.05) is 19.1 Å². The van der Waals surface area contributed by atoms with E-state index in [0.29, 0.717) is 17.2 Å². The lowest BCUT2D eigenvalue weighted by Crippen LogP contribution is -2.47. The Kier molecular flexibility index (Phi) is 5.88. The maximum absolute atomic E-state index is 12.3. The number of halogens is 1. The van der Waals surface area contributed by atoms with Crippen LogP contribution in [0.4, 0.5) is 0 Å². The van der Waals surface area contributed by atoms with Crippen LogP contribution in [0.2, 0.25) is 5.02 Å². The lowest BCUT2D eigenvalue weighted by Gasteiger charge is -2.30. The van der Waals surface area contributed by atoms with Crippen molar-refractivity contribution in [3.63, 3.8) is 0 Å². The van der Waals surface area contributed by atoms with Crippen molar-refractivity contribution in [2.45, 2.75) is 38.3 Å². The molecule has 1 heterocycles. The fourth-order valence-electron chi connectivity index (χ4n) is 2.47. The smallest absolute Gasteiger partial charge is 0.261 e. The van der Waals surface area contributed by atoms with Crippen molar-refractivity contribution >= 4 is 17.5 Å². The van der Waals surface area contributed by atoms with Crippen LogP contribution < -0.4 is 10.1 Å². The van der Waals surface area contributed by atoms with E-state index in [2.05, 4.69) is 17.3 Å². The van der Waals surface area contributed by atoms with Crippen molar-refractivity contribution in [3.8, 4) is 5.75 Å². The van der Waals surface area contributed by atoms with E-state index in [0.717, 1.165) is 25.9 Å². The van der Waals surface area contributed by atoms with Crippen LogP contribution in [0, 0.1) is 0 Å². The van der Waals surface area contributed by atoms with Gasteiger partial charge in [-0.1, -0.05) is 24.6 Å². The van der Waals surface area contributed by atoms with Crippen molar-refractivity contribution < 1.29 is 9.53 Å². The fourth-order valence-corrected chi connectivity index (χ4v) is 2.65. The summed E-state index contributed by atoms with van der Waals surface area (Å²) in [6.07, 6.45) is 2.15. The molecule has 1 amide bonds. The Morgan fingerprint density at radius 3 is 2.81 bits per heavy atom. The Labute approximate surface area is 131 Å². The normalized spacial score (nSPS) is 18.2. The Hall–Kier alpha value is -1.26. The number of hydrogen-bond acceptors (Lipinski definition) is 3. The van der Waals surface area contributed by atoms with Gasteiger partial charge in [0.15, 0.2) is 6.10 Å². The molecule has 5 heteroatoms. The van der Waals surface area contributed by atoms with Crippen LogP contribution in [0.25, 0.3) is 0 Å². The molecule has 2 rings (SSSR count). The molecule has 1 aromatic rings. The van der Waals surface area contributed by atoms with Gasteiger partial charge in [-0.05, 0) is 57.6 Å². The highest BCUT2D eigenvalue weighted by molar-refractivity contribution is 6.30. The van der Waals surface area contributed by atoms with Crippen LogP contribution in [0.15, 0.2) is 24.3 Å². The molecule has 1 atom stereocenters. The molecule has 21 heavy (non-hydrogen) atoms. The molecule has 1 aromatic carbocycles. The number of likely N-dealkylation sites (tertiary alicyclic amines) is 1. The van der Waals surface area contributed by atoms with Gasteiger partial charge in [-0.15, -0.1) is 0 Å². The van der Waals surface area contributed by atoms with Gasteiger partial charge in [0.05, 0.1) is 0 Å². The number of carbonyl (C=O) groups excluding carboxylic acids is 1. The van der Waals surface area contributed by atoms with E-state index in [-0.39, 0.29) is 11.9 Å². The number of carbonyl (C=O) groups is 1. The first kappa shape index (κ1) is 16.1. The summed E-state index contributed by atoms with van der Waals surface area (Å²) >= 11 is 5.94. The fraction of sp³-hybridized carbons (Fsp3) is 0.562. The molecule has 1 aliphatic rings. The quantitative estimate of drug-likeness (QED) is 0.909. The summed E-state index contributed by atoms with van der Waals surface area (Å²) in [7, 11) is 2.11. The third-order valence-electron chi connectivity index (χ3n) is 3.80. The lowest BCUT2D eigenvalue weighted by molar-refractivity contribution is -0.129. The Balaban J connectivity index is 1.89. The summed E-state index contributed by atoms with van der Waals surface area (Å²) in [4.78, 5) is 14.6. The first-order valence-electron chi connectivity index (χ1n) is 7.49. The second-order valence-corrected chi connectivity index (χ2v) is 5.99. The molecule has 1 N–H and O–H groups in total. The number of hydrogen-bond donors (Lipinski definition) is 1. The van der Waals surface area contributed by atoms with E-state index in [1.54, 1.807) is 12.1 Å². The summed E-state index contributed by atoms with van der Waals surface area (Å²) in [6, 6.07) is 7.41. The minimum atomic E-state index is -0.469. The number of benzene rings is 1. The first-order valence-corrected chi connectivity index (χ1v) is 7.87. The van der Waals surface area contributed by atoms with Crippen molar-refractivity contribution in [1.29, 1.82) is 0 Å². The average Bonchev–Trinajstić information content (AvgIpc) is 2.47. The van der Waals surface area contributed by atoms with Gasteiger partial charge in [-0.3, -0.25) is 4.79 Å². The number of nitrogens with one attached hydrogen (secondary N) is 1. The third kappa shape index (κ3) is 4.90. The van der Waals surface area contributed by atoms with Crippen LogP contribution in [0.1, 0.15) is 26.2 Å². The van der Waals surface area contributed by atoms with Gasteiger partial charge >= 0.3 is 0 Å². The summed E-state index contributed by atoms with van der Waals surface area (Å²) in [5.74, 6) is 0.597. The van der Waals surface area contributed by atoms with Gasteiger partial charge in [0.2, 0.25) is 0 Å². The van der Waals surface area contributed by atoms with Crippen LogP contribution in [-0.2, 0) is 4.79 Å². The Morgan fingerprint density at radius 2 is 2.19 bits per heavy atom. The number of rotatable bonds is 5. The molecule has 0 saturated carbocycles. The zero-order valence-corrected chi connectivity index (χ0v) is 13.4. The van der Waals surface area contributed by atoms with Gasteiger partial charge in [-0.2, -0.15) is 0 Å². The van der Waals surface area contributed by atoms with Gasteiger partial charge in [-0.25, -0.2) is 0 Å². The molecule has 1 fully saturated rings. The molecule has 1 aliphatic heterocycles. The summed E-state index contributed by atoms with van der Waals surface area (Å²) < 4.78 is 5.76. The largest absolute Gasteiger partial charge is 0.481 e. The van der Waals surface area contributed by atoms with Gasteiger partial charge in [0.25, 0.3) is 5.91 Å². The molecule has 116 valence electrons. The summed E-state index contributed by atoms with van der Waals surface area (Å²) in [6.45, 7) is 4.00. The van der Waals surface area contributed by atoms with E-state index < -0.39 is 6.10 Å². The number of piperidine rings is 1. The van der Waals surface area contributed by atoms with Crippen molar-refractivity contribution in [2.75, 3.05) is 20.1 Å². The Morgan fingerprint density at radius 1 is 1.48 bits per heavy atom. The zero-order valence-electron chi connectivity index (χ0n) is 12.6. The van der Waals surface area contributed by atoms with Crippen molar-refractivity contribution in [2.24, 2.45) is 0 Å². The van der Waals surface area contributed by atoms with E-state index in [9.17, 15) is 4.79 Å². The molecule has 0 radical (unpaired) electrons. The molecular formula is C16H23ClN2O2. The van der Waals surface area contributed by atoms with Crippen LogP contribution in [0.5, 0.6) is 5.75 Å². The van der Waals surface area contributed by atoms with Gasteiger partial charge in [0.1, 0.15) is 5.75 Å². The highest BCUT2D eigenvalue weighted by Crippen LogP contribution is 2.19. The SMILES string of the molecule is CC[C@H](Oc1cccc(Cl)c1)C(=O)NC1CCN(C)CC1. The van der Waals surface area contributed by atoms with E-state index in [1.165, 1.54) is 0 Å². The van der Waals surface area contributed by atoms with Gasteiger partial charge < -0.3 is 15.0 Å². The highest BCUT2D eigenvalue weighted by Gasteiger charge is 2.24. The number of nitrogens with zero attached hydrogens (tertiary/aromatic N) is 1. The second kappa shape index (κ2) is 7.66. The minimum absolute atomic E-state index is 0.0352. The third-order valence-corrected chi connectivity index (χ3v) is 4.04. The molecule has 1 saturated heterocycles. The molecule has 0 unspecified atom stereocenters. The van der Waals surface area contributed by atoms with Crippen molar-refractivity contribution in [3.05, 3.63) is 29.3 Å². The molecular weight excluding hydrogens is 288 g/mol. The van der Waals surface area contributed by atoms with Crippen LogP contribution >= 0.6 is 11.6 Å². The Bertz CT molecular complexity index is 473. The van der Waals surface area contributed by atoms with Crippen LogP contribution in [-0.4, -0.2) is 43.1 Å². The molecule has 0 spiro atoms. The zero-order chi connectivity index (χ0) is 15.2. The average molecular weight is 311 g/mol. The highest BCUT2D eigenvalue weighted by atomic mass is 35.5.